The number of aromatic amines is 1. The van der Waals surface area contributed by atoms with Gasteiger partial charge in [0.1, 0.15) is 0 Å². The van der Waals surface area contributed by atoms with Gasteiger partial charge >= 0.3 is 7.12 Å². The summed E-state index contributed by atoms with van der Waals surface area (Å²) in [7, 11) is -0.339. The smallest absolute Gasteiger partial charge is 0.399 e. The van der Waals surface area contributed by atoms with Gasteiger partial charge in [-0.25, -0.2) is 4.98 Å². The molecule has 2 heterocycles. The fourth-order valence-electron chi connectivity index (χ4n) is 3.83. The lowest BCUT2D eigenvalue weighted by molar-refractivity contribution is 0.00578. The third-order valence-electron chi connectivity index (χ3n) is 6.42. The van der Waals surface area contributed by atoms with Gasteiger partial charge < -0.3 is 14.3 Å². The molecular weight excluding hydrogens is 371 g/mol. The third-order valence-corrected chi connectivity index (χ3v) is 6.42. The number of fused-ring (bicyclic) bond motifs is 1. The van der Waals surface area contributed by atoms with Crippen LogP contribution < -0.4 is 5.46 Å². The molecule has 30 heavy (non-hydrogen) atoms. The Morgan fingerprint density at radius 1 is 0.733 bits per heavy atom. The van der Waals surface area contributed by atoms with E-state index < -0.39 is 0 Å². The van der Waals surface area contributed by atoms with Gasteiger partial charge in [-0.3, -0.25) is 0 Å². The van der Waals surface area contributed by atoms with Crippen molar-refractivity contribution < 1.29 is 9.31 Å². The highest BCUT2D eigenvalue weighted by atomic mass is 16.7. The van der Waals surface area contributed by atoms with Crippen LogP contribution in [0.25, 0.3) is 33.2 Å². The van der Waals surface area contributed by atoms with Crippen LogP contribution >= 0.6 is 0 Å². The van der Waals surface area contributed by atoms with E-state index in [1.807, 2.05) is 6.20 Å². The molecule has 150 valence electrons. The molecule has 1 aliphatic rings. The summed E-state index contributed by atoms with van der Waals surface area (Å²) in [6, 6.07) is 21.5. The molecule has 0 spiro atoms. The summed E-state index contributed by atoms with van der Waals surface area (Å²) in [5.41, 5.74) is 4.92. The number of hydrogen-bond donors (Lipinski definition) is 1. The quantitative estimate of drug-likeness (QED) is 0.485. The van der Waals surface area contributed by atoms with Gasteiger partial charge in [0.2, 0.25) is 0 Å². The fraction of sp³-hybridized carbons (Fsp3) is 0.240. The minimum atomic E-state index is -0.339. The molecule has 0 atom stereocenters. The highest BCUT2D eigenvalue weighted by molar-refractivity contribution is 6.62. The zero-order valence-corrected chi connectivity index (χ0v) is 17.8. The number of nitrogens with one attached hydrogen (secondary N) is 1. The summed E-state index contributed by atoms with van der Waals surface area (Å²) in [5, 5.41) is 2.38. The summed E-state index contributed by atoms with van der Waals surface area (Å²) in [6.45, 7) is 8.33. The maximum absolute atomic E-state index is 6.20. The Balaban J connectivity index is 1.43. The first-order valence-electron chi connectivity index (χ1n) is 10.3. The molecule has 0 bridgehead atoms. The maximum atomic E-state index is 6.20. The molecular formula is C25H25BN2O2. The molecule has 0 amide bonds. The molecule has 4 nitrogen and oxygen atoms in total. The zero-order valence-electron chi connectivity index (χ0n) is 17.8. The van der Waals surface area contributed by atoms with Crippen molar-refractivity contribution in [1.82, 2.24) is 9.97 Å². The Bertz CT molecular complexity index is 1180. The van der Waals surface area contributed by atoms with E-state index in [-0.39, 0.29) is 18.3 Å². The van der Waals surface area contributed by atoms with Crippen molar-refractivity contribution in [1.29, 1.82) is 0 Å². The van der Waals surface area contributed by atoms with Crippen LogP contribution in [0.5, 0.6) is 0 Å². The first-order valence-corrected chi connectivity index (χ1v) is 10.3. The van der Waals surface area contributed by atoms with Crippen LogP contribution in [0.15, 0.2) is 73.2 Å². The average molecular weight is 396 g/mol. The Labute approximate surface area is 177 Å². The van der Waals surface area contributed by atoms with E-state index in [9.17, 15) is 0 Å². The van der Waals surface area contributed by atoms with E-state index in [1.165, 1.54) is 21.9 Å². The Hall–Kier alpha value is -2.89. The van der Waals surface area contributed by atoms with Crippen molar-refractivity contribution in [3.05, 3.63) is 73.2 Å². The Kier molecular flexibility index (Phi) is 4.35. The minimum Gasteiger partial charge on any atom is -0.399 e. The third kappa shape index (κ3) is 3.24. The highest BCUT2D eigenvalue weighted by Crippen LogP contribution is 2.36. The van der Waals surface area contributed by atoms with Gasteiger partial charge in [0, 0.05) is 0 Å². The van der Waals surface area contributed by atoms with Gasteiger partial charge in [0.05, 0.1) is 29.4 Å². The van der Waals surface area contributed by atoms with E-state index in [2.05, 4.69) is 98.3 Å². The van der Waals surface area contributed by atoms with Gasteiger partial charge in [-0.15, -0.1) is 0 Å². The van der Waals surface area contributed by atoms with Crippen LogP contribution in [-0.2, 0) is 9.31 Å². The molecule has 5 rings (SSSR count). The van der Waals surface area contributed by atoms with Crippen LogP contribution in [0, 0.1) is 0 Å². The molecule has 1 fully saturated rings. The Morgan fingerprint density at radius 3 is 2.00 bits per heavy atom. The van der Waals surface area contributed by atoms with Crippen LogP contribution in [0.3, 0.4) is 0 Å². The molecule has 1 N–H and O–H groups in total. The topological polar surface area (TPSA) is 47.1 Å². The first kappa shape index (κ1) is 19.1. The van der Waals surface area contributed by atoms with Crippen molar-refractivity contribution in [2.75, 3.05) is 0 Å². The van der Waals surface area contributed by atoms with Gasteiger partial charge in [-0.2, -0.15) is 0 Å². The molecule has 1 aliphatic heterocycles. The van der Waals surface area contributed by atoms with Crippen LogP contribution in [0.2, 0.25) is 0 Å². The lowest BCUT2D eigenvalue weighted by Gasteiger charge is -2.32. The molecule has 1 saturated heterocycles. The molecule has 5 heteroatoms. The summed E-state index contributed by atoms with van der Waals surface area (Å²) in [5.74, 6) is 0. The van der Waals surface area contributed by atoms with Crippen molar-refractivity contribution in [3.8, 4) is 22.4 Å². The summed E-state index contributed by atoms with van der Waals surface area (Å²) in [4.78, 5) is 7.23. The normalized spacial score (nSPS) is 17.5. The second-order valence-corrected chi connectivity index (χ2v) is 8.95. The number of aromatic nitrogens is 2. The van der Waals surface area contributed by atoms with Crippen molar-refractivity contribution in [2.45, 2.75) is 38.9 Å². The molecule has 0 saturated carbocycles. The second kappa shape index (κ2) is 6.83. The predicted molar refractivity (Wildman–Crippen MR) is 123 cm³/mol. The van der Waals surface area contributed by atoms with Gasteiger partial charge in [0.15, 0.2) is 0 Å². The number of imidazole rings is 1. The van der Waals surface area contributed by atoms with Gasteiger partial charge in [0.25, 0.3) is 0 Å². The SMILES string of the molecule is CC1(C)OB(c2ccc3cc(-c4ccc(-c5cnc[nH]5)cc4)ccc3c2)OC1(C)C. The molecule has 0 unspecified atom stereocenters. The largest absolute Gasteiger partial charge is 0.494 e. The van der Waals surface area contributed by atoms with E-state index >= 15 is 0 Å². The monoisotopic (exact) mass is 396 g/mol. The van der Waals surface area contributed by atoms with E-state index in [1.54, 1.807) is 6.33 Å². The lowest BCUT2D eigenvalue weighted by Crippen LogP contribution is -2.41. The predicted octanol–water partition coefficient (Wildman–Crippen LogP) is 5.20. The van der Waals surface area contributed by atoms with E-state index in [0.717, 1.165) is 16.7 Å². The molecule has 0 aliphatic carbocycles. The molecule has 4 aromatic rings. The van der Waals surface area contributed by atoms with Crippen molar-refractivity contribution in [2.24, 2.45) is 0 Å². The zero-order chi connectivity index (χ0) is 20.9. The average Bonchev–Trinajstić information content (AvgIpc) is 3.34. The molecule has 0 radical (unpaired) electrons. The fourth-order valence-corrected chi connectivity index (χ4v) is 3.83. The number of hydrogen-bond acceptors (Lipinski definition) is 3. The van der Waals surface area contributed by atoms with Crippen molar-refractivity contribution >= 4 is 23.4 Å². The molecule has 3 aromatic carbocycles. The standard InChI is InChI=1S/C25H25BN2O2/c1-24(2)25(3,4)30-26(29-24)22-12-11-20-13-19(9-10-21(20)14-22)17-5-7-18(8-6-17)23-15-27-16-28-23/h5-16H,1-4H3,(H,27,28). The van der Waals surface area contributed by atoms with E-state index in [4.69, 9.17) is 9.31 Å². The van der Waals surface area contributed by atoms with Gasteiger partial charge in [-0.1, -0.05) is 54.6 Å². The molecule has 1 aromatic heterocycles. The van der Waals surface area contributed by atoms with Crippen molar-refractivity contribution in [3.63, 3.8) is 0 Å². The number of H-pyrrole nitrogens is 1. The van der Waals surface area contributed by atoms with E-state index in [0.29, 0.717) is 0 Å². The van der Waals surface area contributed by atoms with Crippen LogP contribution in [0.1, 0.15) is 27.7 Å². The number of nitrogens with zero attached hydrogens (tertiary/aromatic N) is 1. The minimum absolute atomic E-state index is 0.334. The van der Waals surface area contributed by atoms with Gasteiger partial charge in [-0.05, 0) is 66.7 Å². The summed E-state index contributed by atoms with van der Waals surface area (Å²) < 4.78 is 12.4. The second-order valence-electron chi connectivity index (χ2n) is 8.95. The first-order chi connectivity index (χ1) is 14.3. The number of rotatable bonds is 3. The summed E-state index contributed by atoms with van der Waals surface area (Å²) >= 11 is 0. The van der Waals surface area contributed by atoms with Crippen LogP contribution in [0.4, 0.5) is 0 Å². The lowest BCUT2D eigenvalue weighted by atomic mass is 9.78. The van der Waals surface area contributed by atoms with Crippen LogP contribution in [-0.4, -0.2) is 28.3 Å². The Morgan fingerprint density at radius 2 is 1.33 bits per heavy atom. The number of benzene rings is 3. The summed E-state index contributed by atoms with van der Waals surface area (Å²) in [6.07, 6.45) is 3.53. The highest BCUT2D eigenvalue weighted by Gasteiger charge is 2.51. The maximum Gasteiger partial charge on any atom is 0.494 e.